The van der Waals surface area contributed by atoms with Crippen LogP contribution in [0.2, 0.25) is 0 Å². The molecule has 9 heteroatoms. The second-order valence-electron chi connectivity index (χ2n) is 6.09. The first-order valence-corrected chi connectivity index (χ1v) is 8.41. The van der Waals surface area contributed by atoms with Crippen molar-refractivity contribution in [3.8, 4) is 0 Å². The van der Waals surface area contributed by atoms with Gasteiger partial charge in [-0.05, 0) is 48.9 Å². The molecule has 3 rings (SSSR count). The van der Waals surface area contributed by atoms with Crippen molar-refractivity contribution in [1.82, 2.24) is 9.97 Å². The van der Waals surface area contributed by atoms with Gasteiger partial charge in [-0.1, -0.05) is 12.1 Å². The summed E-state index contributed by atoms with van der Waals surface area (Å²) in [4.78, 5) is 32.7. The number of rotatable bonds is 4. The van der Waals surface area contributed by atoms with Crippen LogP contribution in [0, 0.1) is 6.92 Å². The fourth-order valence-electron chi connectivity index (χ4n) is 2.52. The van der Waals surface area contributed by atoms with Gasteiger partial charge in [0.1, 0.15) is 0 Å². The van der Waals surface area contributed by atoms with Crippen LogP contribution in [-0.2, 0) is 6.18 Å². The Morgan fingerprint density at radius 2 is 1.62 bits per heavy atom. The highest BCUT2D eigenvalue weighted by Crippen LogP contribution is 2.30. The number of nitrogens with zero attached hydrogens (tertiary/aromatic N) is 2. The summed E-state index contributed by atoms with van der Waals surface area (Å²) in [6.45, 7) is 1.69. The maximum Gasteiger partial charge on any atom is 0.416 e. The predicted octanol–water partition coefficient (Wildman–Crippen LogP) is 4.31. The highest BCUT2D eigenvalue weighted by Gasteiger charge is 2.30. The van der Waals surface area contributed by atoms with Crippen molar-refractivity contribution < 1.29 is 22.8 Å². The monoisotopic (exact) mass is 400 g/mol. The Morgan fingerprint density at radius 3 is 2.31 bits per heavy atom. The molecule has 1 heterocycles. The fourth-order valence-corrected chi connectivity index (χ4v) is 2.52. The van der Waals surface area contributed by atoms with E-state index in [1.807, 2.05) is 0 Å². The maximum absolute atomic E-state index is 12.8. The minimum absolute atomic E-state index is 0.00547. The van der Waals surface area contributed by atoms with E-state index in [2.05, 4.69) is 20.6 Å². The number of anilines is 2. The van der Waals surface area contributed by atoms with Gasteiger partial charge in [0.15, 0.2) is 0 Å². The van der Waals surface area contributed by atoms with Crippen LogP contribution in [0.5, 0.6) is 0 Å². The molecule has 0 fully saturated rings. The lowest BCUT2D eigenvalue weighted by atomic mass is 10.0. The SMILES string of the molecule is Cc1ccc(C(=O)Nc2cccc(C(F)(F)F)c2)cc1C(=O)Nc1ncccn1. The lowest BCUT2D eigenvalue weighted by Gasteiger charge is -2.11. The van der Waals surface area contributed by atoms with Gasteiger partial charge in [0.2, 0.25) is 5.95 Å². The first-order chi connectivity index (χ1) is 13.7. The van der Waals surface area contributed by atoms with E-state index < -0.39 is 23.6 Å². The molecule has 29 heavy (non-hydrogen) atoms. The molecular weight excluding hydrogens is 385 g/mol. The molecule has 0 aliphatic heterocycles. The van der Waals surface area contributed by atoms with Crippen LogP contribution < -0.4 is 10.6 Å². The number of nitrogens with one attached hydrogen (secondary N) is 2. The van der Waals surface area contributed by atoms with Crippen LogP contribution in [0.25, 0.3) is 0 Å². The standard InChI is InChI=1S/C20H15F3N4O2/c1-12-6-7-13(10-16(12)18(29)27-19-24-8-3-9-25-19)17(28)26-15-5-2-4-14(11-15)20(21,22)23/h2-11H,1H3,(H,26,28)(H,24,25,27,29). The second kappa shape index (κ2) is 8.09. The Hall–Kier alpha value is -3.75. The van der Waals surface area contributed by atoms with Crippen molar-refractivity contribution in [3.63, 3.8) is 0 Å². The molecule has 0 atom stereocenters. The first-order valence-electron chi connectivity index (χ1n) is 8.41. The summed E-state index contributed by atoms with van der Waals surface area (Å²) < 4.78 is 38.5. The van der Waals surface area contributed by atoms with Crippen LogP contribution in [0.4, 0.5) is 24.8 Å². The lowest BCUT2D eigenvalue weighted by Crippen LogP contribution is -2.18. The smallest absolute Gasteiger partial charge is 0.322 e. The van der Waals surface area contributed by atoms with Crippen LogP contribution in [0.1, 0.15) is 31.8 Å². The van der Waals surface area contributed by atoms with Crippen LogP contribution in [0.3, 0.4) is 0 Å². The molecule has 0 saturated carbocycles. The van der Waals surface area contributed by atoms with E-state index in [1.54, 1.807) is 19.1 Å². The number of amides is 2. The average Bonchev–Trinajstić information content (AvgIpc) is 2.68. The molecule has 0 radical (unpaired) electrons. The largest absolute Gasteiger partial charge is 0.416 e. The molecule has 0 saturated heterocycles. The molecule has 0 spiro atoms. The van der Waals surface area contributed by atoms with Gasteiger partial charge < -0.3 is 5.32 Å². The Bertz CT molecular complexity index is 1050. The van der Waals surface area contributed by atoms with Gasteiger partial charge in [0.25, 0.3) is 11.8 Å². The summed E-state index contributed by atoms with van der Waals surface area (Å²) in [7, 11) is 0. The summed E-state index contributed by atoms with van der Waals surface area (Å²) in [6.07, 6.45) is -1.59. The summed E-state index contributed by atoms with van der Waals surface area (Å²) in [5.41, 5.74) is 0.0616. The number of hydrogen-bond acceptors (Lipinski definition) is 4. The summed E-state index contributed by atoms with van der Waals surface area (Å²) in [5.74, 6) is -1.05. The van der Waals surface area contributed by atoms with E-state index in [-0.39, 0.29) is 22.8 Å². The van der Waals surface area contributed by atoms with Crippen molar-refractivity contribution in [3.05, 3.63) is 83.2 Å². The zero-order valence-electron chi connectivity index (χ0n) is 15.1. The number of carbonyl (C=O) groups excluding carboxylic acids is 2. The van der Waals surface area contributed by atoms with E-state index in [0.717, 1.165) is 12.1 Å². The summed E-state index contributed by atoms with van der Waals surface area (Å²) >= 11 is 0. The Balaban J connectivity index is 1.80. The Morgan fingerprint density at radius 1 is 0.897 bits per heavy atom. The maximum atomic E-state index is 12.8. The van der Waals surface area contributed by atoms with Gasteiger partial charge in [-0.3, -0.25) is 14.9 Å². The number of carbonyl (C=O) groups is 2. The summed E-state index contributed by atoms with van der Waals surface area (Å²) in [5, 5.41) is 4.93. The van der Waals surface area contributed by atoms with Crippen molar-refractivity contribution in [2.45, 2.75) is 13.1 Å². The van der Waals surface area contributed by atoms with Crippen LogP contribution in [-0.4, -0.2) is 21.8 Å². The average molecular weight is 400 g/mol. The van der Waals surface area contributed by atoms with E-state index in [1.165, 1.54) is 36.7 Å². The number of hydrogen-bond donors (Lipinski definition) is 2. The Kier molecular flexibility index (Phi) is 5.58. The van der Waals surface area contributed by atoms with E-state index in [9.17, 15) is 22.8 Å². The van der Waals surface area contributed by atoms with Gasteiger partial charge in [-0.2, -0.15) is 13.2 Å². The zero-order chi connectivity index (χ0) is 21.0. The third-order valence-electron chi connectivity index (χ3n) is 3.98. The van der Waals surface area contributed by atoms with Gasteiger partial charge in [0, 0.05) is 29.2 Å². The molecule has 2 aromatic carbocycles. The number of benzene rings is 2. The van der Waals surface area contributed by atoms with E-state index in [4.69, 9.17) is 0 Å². The third-order valence-corrected chi connectivity index (χ3v) is 3.98. The second-order valence-corrected chi connectivity index (χ2v) is 6.09. The minimum atomic E-state index is -4.52. The molecular formula is C20H15F3N4O2. The van der Waals surface area contributed by atoms with Gasteiger partial charge >= 0.3 is 6.18 Å². The van der Waals surface area contributed by atoms with Crippen molar-refractivity contribution in [2.75, 3.05) is 10.6 Å². The third kappa shape index (κ3) is 4.95. The summed E-state index contributed by atoms with van der Waals surface area (Å²) in [6, 6.07) is 10.3. The van der Waals surface area contributed by atoms with Crippen molar-refractivity contribution in [2.24, 2.45) is 0 Å². The van der Waals surface area contributed by atoms with Gasteiger partial charge in [0.05, 0.1) is 5.56 Å². The van der Waals surface area contributed by atoms with E-state index in [0.29, 0.717) is 5.56 Å². The normalized spacial score (nSPS) is 11.0. The van der Waals surface area contributed by atoms with Crippen molar-refractivity contribution in [1.29, 1.82) is 0 Å². The molecule has 2 amide bonds. The van der Waals surface area contributed by atoms with Crippen LogP contribution >= 0.6 is 0 Å². The zero-order valence-corrected chi connectivity index (χ0v) is 15.1. The molecule has 0 bridgehead atoms. The van der Waals surface area contributed by atoms with Gasteiger partial charge in [-0.15, -0.1) is 0 Å². The molecule has 0 aliphatic rings. The highest BCUT2D eigenvalue weighted by atomic mass is 19.4. The molecule has 6 nitrogen and oxygen atoms in total. The van der Waals surface area contributed by atoms with Gasteiger partial charge in [-0.25, -0.2) is 9.97 Å². The van der Waals surface area contributed by atoms with Crippen LogP contribution in [0.15, 0.2) is 60.9 Å². The van der Waals surface area contributed by atoms with Crippen molar-refractivity contribution >= 4 is 23.5 Å². The topological polar surface area (TPSA) is 84.0 Å². The minimum Gasteiger partial charge on any atom is -0.322 e. The highest BCUT2D eigenvalue weighted by molar-refractivity contribution is 6.09. The molecule has 148 valence electrons. The number of halogens is 3. The number of aromatic nitrogens is 2. The molecule has 3 aromatic rings. The lowest BCUT2D eigenvalue weighted by molar-refractivity contribution is -0.137. The Labute approximate surface area is 163 Å². The molecule has 0 unspecified atom stereocenters. The number of aryl methyl sites for hydroxylation is 1. The molecule has 1 aromatic heterocycles. The quantitative estimate of drug-likeness (QED) is 0.684. The predicted molar refractivity (Wildman–Crippen MR) is 101 cm³/mol. The number of alkyl halides is 3. The molecule has 2 N–H and O–H groups in total. The molecule has 0 aliphatic carbocycles. The fraction of sp³-hybridized carbons (Fsp3) is 0.100. The van der Waals surface area contributed by atoms with E-state index >= 15 is 0 Å². The first kappa shape index (κ1) is 20.0.